The number of hydrogen-bond donors (Lipinski definition) is 1. The lowest BCUT2D eigenvalue weighted by atomic mass is 10.1. The van der Waals surface area contributed by atoms with E-state index in [0.717, 1.165) is 23.9 Å². The number of nitrogens with one attached hydrogen (secondary N) is 1. The maximum atomic E-state index is 12.6. The van der Waals surface area contributed by atoms with Crippen LogP contribution in [0, 0.1) is 6.92 Å². The summed E-state index contributed by atoms with van der Waals surface area (Å²) in [6, 6.07) is 7.82. The van der Waals surface area contributed by atoms with E-state index >= 15 is 0 Å². The second kappa shape index (κ2) is 5.63. The van der Waals surface area contributed by atoms with Crippen LogP contribution in [0.25, 0.3) is 5.52 Å². The molecule has 122 valence electrons. The van der Waals surface area contributed by atoms with Gasteiger partial charge < -0.3 is 9.88 Å². The molecular weight excluding hydrogens is 304 g/mol. The summed E-state index contributed by atoms with van der Waals surface area (Å²) >= 11 is 0. The quantitative estimate of drug-likeness (QED) is 0.799. The Morgan fingerprint density at radius 3 is 2.92 bits per heavy atom. The van der Waals surface area contributed by atoms with Gasteiger partial charge in [-0.15, -0.1) is 0 Å². The summed E-state index contributed by atoms with van der Waals surface area (Å²) in [5.74, 6) is -0.325. The summed E-state index contributed by atoms with van der Waals surface area (Å²) in [5.41, 5.74) is 2.65. The molecule has 6 nitrogen and oxygen atoms in total. The third kappa shape index (κ3) is 2.50. The van der Waals surface area contributed by atoms with Gasteiger partial charge in [0.15, 0.2) is 0 Å². The third-order valence-corrected chi connectivity index (χ3v) is 4.46. The van der Waals surface area contributed by atoms with Crippen molar-refractivity contribution in [2.75, 3.05) is 0 Å². The molecular formula is C18H18N4O2. The Bertz CT molecular complexity index is 982. The first-order valence-electron chi connectivity index (χ1n) is 8.06. The number of aromatic nitrogens is 3. The van der Waals surface area contributed by atoms with Gasteiger partial charge in [0.2, 0.25) is 0 Å². The zero-order valence-electron chi connectivity index (χ0n) is 13.4. The minimum Gasteiger partial charge on any atom is -0.348 e. The Morgan fingerprint density at radius 2 is 2.12 bits per heavy atom. The van der Waals surface area contributed by atoms with Crippen LogP contribution in [0.5, 0.6) is 0 Å². The highest BCUT2D eigenvalue weighted by molar-refractivity contribution is 5.95. The van der Waals surface area contributed by atoms with Crippen LogP contribution in [0.15, 0.2) is 47.7 Å². The molecule has 1 aliphatic rings. The predicted octanol–water partition coefficient (Wildman–Crippen LogP) is 2.07. The molecule has 0 aromatic carbocycles. The molecule has 1 fully saturated rings. The number of carbonyl (C=O) groups excluding carboxylic acids is 1. The summed E-state index contributed by atoms with van der Waals surface area (Å²) in [6.45, 7) is 2.15. The van der Waals surface area contributed by atoms with Gasteiger partial charge in [-0.05, 0) is 49.1 Å². The molecule has 1 saturated carbocycles. The molecule has 0 saturated heterocycles. The van der Waals surface area contributed by atoms with E-state index in [1.807, 2.05) is 30.5 Å². The van der Waals surface area contributed by atoms with Crippen LogP contribution < -0.4 is 10.9 Å². The van der Waals surface area contributed by atoms with Gasteiger partial charge in [-0.25, -0.2) is 4.52 Å². The van der Waals surface area contributed by atoms with Crippen molar-refractivity contribution in [3.05, 3.63) is 69.9 Å². The van der Waals surface area contributed by atoms with Gasteiger partial charge in [0, 0.05) is 31.2 Å². The largest absolute Gasteiger partial charge is 0.348 e. The van der Waals surface area contributed by atoms with E-state index in [0.29, 0.717) is 12.1 Å². The average molecular weight is 322 g/mol. The number of nitrogens with zero attached hydrogens (tertiary/aromatic N) is 3. The summed E-state index contributed by atoms with van der Waals surface area (Å²) in [4.78, 5) is 25.2. The fraction of sp³-hybridized carbons (Fsp3) is 0.278. The molecule has 0 bridgehead atoms. The third-order valence-electron chi connectivity index (χ3n) is 4.46. The first-order chi connectivity index (χ1) is 11.6. The summed E-state index contributed by atoms with van der Waals surface area (Å²) in [6.07, 6.45) is 7.38. The number of rotatable bonds is 4. The number of pyridine rings is 2. The van der Waals surface area contributed by atoms with Gasteiger partial charge in [0.05, 0.1) is 5.52 Å². The van der Waals surface area contributed by atoms with E-state index in [-0.39, 0.29) is 23.1 Å². The maximum Gasteiger partial charge on any atom is 0.263 e. The van der Waals surface area contributed by atoms with Crippen molar-refractivity contribution in [3.63, 3.8) is 0 Å². The number of aryl methyl sites for hydroxylation is 1. The van der Waals surface area contributed by atoms with Crippen molar-refractivity contribution < 1.29 is 4.79 Å². The van der Waals surface area contributed by atoms with Crippen LogP contribution in [0.4, 0.5) is 0 Å². The van der Waals surface area contributed by atoms with Crippen molar-refractivity contribution in [3.8, 4) is 0 Å². The topological polar surface area (TPSA) is 68.4 Å². The Kier molecular flexibility index (Phi) is 3.45. The molecule has 0 radical (unpaired) electrons. The molecule has 1 amide bonds. The van der Waals surface area contributed by atoms with Crippen molar-refractivity contribution in [1.29, 1.82) is 0 Å². The van der Waals surface area contributed by atoms with Crippen molar-refractivity contribution in [1.82, 2.24) is 19.5 Å². The molecule has 4 rings (SSSR count). The second-order valence-electron chi connectivity index (χ2n) is 6.19. The number of carbonyl (C=O) groups is 1. The highest BCUT2D eigenvalue weighted by Crippen LogP contribution is 2.33. The lowest BCUT2D eigenvalue weighted by molar-refractivity contribution is 0.0948. The highest BCUT2D eigenvalue weighted by atomic mass is 16.2. The Morgan fingerprint density at radius 1 is 1.29 bits per heavy atom. The Hall–Kier alpha value is -2.89. The normalized spacial score (nSPS) is 14.0. The zero-order valence-corrected chi connectivity index (χ0v) is 13.4. The fourth-order valence-electron chi connectivity index (χ4n) is 2.98. The molecule has 0 atom stereocenters. The molecule has 3 aromatic rings. The Balaban J connectivity index is 1.60. The number of amides is 1. The molecule has 6 heteroatoms. The first kappa shape index (κ1) is 14.7. The van der Waals surface area contributed by atoms with Crippen LogP contribution in [-0.2, 0) is 6.54 Å². The second-order valence-corrected chi connectivity index (χ2v) is 6.19. The smallest absolute Gasteiger partial charge is 0.263 e. The lowest BCUT2D eigenvalue weighted by Crippen LogP contribution is -2.33. The minimum atomic E-state index is -0.325. The van der Waals surface area contributed by atoms with Gasteiger partial charge in [-0.1, -0.05) is 6.07 Å². The SMILES string of the molecule is Cc1ccn(C2CC2)c(=O)c1C(=O)NCc1cccn2nccc12. The number of hydrogen-bond acceptors (Lipinski definition) is 3. The molecule has 3 aromatic heterocycles. The standard InChI is InChI=1S/C18H18N4O2/c1-12-7-10-21(14-4-5-14)18(24)16(12)17(23)19-11-13-3-2-9-22-15(13)6-8-20-22/h2-3,6-10,14H,4-5,11H2,1H3,(H,19,23). The lowest BCUT2D eigenvalue weighted by Gasteiger charge is -2.11. The Labute approximate surface area is 138 Å². The molecule has 0 unspecified atom stereocenters. The molecule has 1 aliphatic carbocycles. The molecule has 3 heterocycles. The first-order valence-corrected chi connectivity index (χ1v) is 8.06. The van der Waals surface area contributed by atoms with E-state index in [1.165, 1.54) is 0 Å². The monoisotopic (exact) mass is 322 g/mol. The molecule has 1 N–H and O–H groups in total. The van der Waals surface area contributed by atoms with Crippen LogP contribution in [0.1, 0.15) is 40.4 Å². The van der Waals surface area contributed by atoms with E-state index in [1.54, 1.807) is 28.4 Å². The van der Waals surface area contributed by atoms with Crippen molar-refractivity contribution >= 4 is 11.4 Å². The van der Waals surface area contributed by atoms with Crippen LogP contribution >= 0.6 is 0 Å². The van der Waals surface area contributed by atoms with Crippen LogP contribution in [-0.4, -0.2) is 20.1 Å². The minimum absolute atomic E-state index is 0.197. The maximum absolute atomic E-state index is 12.6. The summed E-state index contributed by atoms with van der Waals surface area (Å²) < 4.78 is 3.44. The average Bonchev–Trinajstić information content (AvgIpc) is 3.29. The van der Waals surface area contributed by atoms with E-state index in [2.05, 4.69) is 10.4 Å². The molecule has 24 heavy (non-hydrogen) atoms. The molecule has 0 aliphatic heterocycles. The number of fused-ring (bicyclic) bond motifs is 1. The van der Waals surface area contributed by atoms with Gasteiger partial charge in [-0.2, -0.15) is 5.10 Å². The molecule has 0 spiro atoms. The van der Waals surface area contributed by atoms with E-state index in [4.69, 9.17) is 0 Å². The van der Waals surface area contributed by atoms with E-state index < -0.39 is 0 Å². The summed E-state index contributed by atoms with van der Waals surface area (Å²) in [5, 5.41) is 7.05. The van der Waals surface area contributed by atoms with Crippen molar-refractivity contribution in [2.24, 2.45) is 0 Å². The van der Waals surface area contributed by atoms with Gasteiger partial charge >= 0.3 is 0 Å². The van der Waals surface area contributed by atoms with Crippen LogP contribution in [0.2, 0.25) is 0 Å². The van der Waals surface area contributed by atoms with Gasteiger partial charge in [0.25, 0.3) is 11.5 Å². The highest BCUT2D eigenvalue weighted by Gasteiger charge is 2.26. The van der Waals surface area contributed by atoms with Gasteiger partial charge in [-0.3, -0.25) is 9.59 Å². The van der Waals surface area contributed by atoms with Crippen molar-refractivity contribution in [2.45, 2.75) is 32.4 Å². The van der Waals surface area contributed by atoms with Gasteiger partial charge in [0.1, 0.15) is 5.56 Å². The summed E-state index contributed by atoms with van der Waals surface area (Å²) in [7, 11) is 0. The van der Waals surface area contributed by atoms with E-state index in [9.17, 15) is 9.59 Å². The zero-order chi connectivity index (χ0) is 16.7. The van der Waals surface area contributed by atoms with Crippen LogP contribution in [0.3, 0.4) is 0 Å². The predicted molar refractivity (Wildman–Crippen MR) is 90.1 cm³/mol. The fourth-order valence-corrected chi connectivity index (χ4v) is 2.98.